The number of nitrogens with zero attached hydrogens (tertiary/aromatic N) is 3. The van der Waals surface area contributed by atoms with Gasteiger partial charge in [-0.2, -0.15) is 13.2 Å². The molecule has 2 amide bonds. The number of benzene rings is 2. The molecule has 1 unspecified atom stereocenters. The molecule has 1 aromatic heterocycles. The Morgan fingerprint density at radius 1 is 1.07 bits per heavy atom. The van der Waals surface area contributed by atoms with Gasteiger partial charge in [0.15, 0.2) is 0 Å². The van der Waals surface area contributed by atoms with Crippen LogP contribution in [-0.2, 0) is 22.3 Å². The largest absolute Gasteiger partial charge is 0.437 e. The van der Waals surface area contributed by atoms with E-state index in [1.807, 2.05) is 7.05 Å². The Kier molecular flexibility index (Phi) is 9.79. The van der Waals surface area contributed by atoms with Crippen LogP contribution in [0.2, 0.25) is 5.02 Å². The monoisotopic (exact) mass is 594 g/mol. The van der Waals surface area contributed by atoms with Gasteiger partial charge in [0.2, 0.25) is 11.8 Å². The van der Waals surface area contributed by atoms with Crippen LogP contribution in [0.5, 0.6) is 11.6 Å². The minimum atomic E-state index is -4.59. The maximum absolute atomic E-state index is 13.4. The highest BCUT2D eigenvalue weighted by molar-refractivity contribution is 6.32. The maximum atomic E-state index is 13.4. The second-order valence-corrected chi connectivity index (χ2v) is 9.80. The van der Waals surface area contributed by atoms with Gasteiger partial charge in [0.1, 0.15) is 23.2 Å². The average Bonchev–Trinajstić information content (AvgIpc) is 2.94. The van der Waals surface area contributed by atoms with E-state index in [2.05, 4.69) is 15.2 Å². The molecule has 1 aliphatic rings. The highest BCUT2D eigenvalue weighted by Gasteiger charge is 2.32. The van der Waals surface area contributed by atoms with Crippen molar-refractivity contribution in [2.75, 3.05) is 39.8 Å². The second kappa shape index (κ2) is 13.3. The van der Waals surface area contributed by atoms with E-state index in [0.717, 1.165) is 12.1 Å². The first-order valence-corrected chi connectivity index (χ1v) is 13.0. The number of aromatic nitrogens is 1. The Morgan fingerprint density at radius 3 is 2.44 bits per heavy atom. The van der Waals surface area contributed by atoms with Crippen LogP contribution in [0.1, 0.15) is 21.5 Å². The molecule has 2 heterocycles. The molecule has 1 saturated heterocycles. The molecular formula is C28H27ClF4N4O4. The lowest BCUT2D eigenvalue weighted by atomic mass is 10.2. The Balaban J connectivity index is 1.50. The van der Waals surface area contributed by atoms with Crippen molar-refractivity contribution in [2.45, 2.75) is 18.8 Å². The van der Waals surface area contributed by atoms with E-state index in [1.165, 1.54) is 30.5 Å². The van der Waals surface area contributed by atoms with E-state index in [0.29, 0.717) is 37.8 Å². The number of halogens is 5. The van der Waals surface area contributed by atoms with Crippen LogP contribution in [0.25, 0.3) is 0 Å². The molecule has 3 aromatic rings. The number of nitrogens with one attached hydrogen (secondary N) is 1. The molecule has 41 heavy (non-hydrogen) atoms. The van der Waals surface area contributed by atoms with Crippen molar-refractivity contribution in [2.24, 2.45) is 0 Å². The number of pyridine rings is 1. The normalized spacial score (nSPS) is 14.9. The van der Waals surface area contributed by atoms with Crippen molar-refractivity contribution in [3.63, 3.8) is 0 Å². The summed E-state index contributed by atoms with van der Waals surface area (Å²) in [6.07, 6.45) is -3.26. The highest BCUT2D eigenvalue weighted by atomic mass is 35.5. The fraction of sp³-hybridized carbons (Fsp3) is 0.321. The lowest BCUT2D eigenvalue weighted by Gasteiger charge is -2.34. The SMILES string of the molecule is CN1CCN(C(=O)C(COCc2ccc(F)cc2)NC(=O)c2cccnc2Oc2ccc(C(F)(F)F)cc2Cl)CC1. The molecule has 1 aliphatic heterocycles. The van der Waals surface area contributed by atoms with Crippen molar-refractivity contribution in [3.8, 4) is 11.6 Å². The Labute approximate surface area is 238 Å². The number of hydrogen-bond donors (Lipinski definition) is 1. The summed E-state index contributed by atoms with van der Waals surface area (Å²) in [5.74, 6) is -1.81. The fourth-order valence-electron chi connectivity index (χ4n) is 4.04. The van der Waals surface area contributed by atoms with Crippen molar-refractivity contribution in [3.05, 3.63) is 88.3 Å². The van der Waals surface area contributed by atoms with E-state index in [9.17, 15) is 27.2 Å². The summed E-state index contributed by atoms with van der Waals surface area (Å²) in [5.41, 5.74) is -0.349. The molecule has 1 atom stereocenters. The first kappa shape index (κ1) is 30.2. The van der Waals surface area contributed by atoms with Gasteiger partial charge in [0, 0.05) is 32.4 Å². The van der Waals surface area contributed by atoms with Crippen LogP contribution in [0.4, 0.5) is 17.6 Å². The number of ether oxygens (including phenoxy) is 2. The van der Waals surface area contributed by atoms with Crippen LogP contribution in [-0.4, -0.2) is 72.5 Å². The number of carbonyl (C=O) groups is 2. The molecule has 0 radical (unpaired) electrons. The molecule has 1 fully saturated rings. The molecule has 0 bridgehead atoms. The standard InChI is InChI=1S/C28H27ClF4N4O4/c1-36-11-13-37(14-12-36)27(39)23(17-40-16-18-4-7-20(30)8-5-18)35-25(38)21-3-2-10-34-26(21)41-24-9-6-19(15-22(24)29)28(31,32)33/h2-10,15,23H,11-14,16-17H2,1H3,(H,35,38). The number of amides is 2. The highest BCUT2D eigenvalue weighted by Crippen LogP contribution is 2.36. The molecule has 1 N–H and O–H groups in total. The molecule has 218 valence electrons. The number of likely N-dealkylation sites (N-methyl/N-ethyl adjacent to an activating group) is 1. The van der Waals surface area contributed by atoms with Crippen LogP contribution in [0.15, 0.2) is 60.8 Å². The van der Waals surface area contributed by atoms with E-state index in [-0.39, 0.29) is 41.3 Å². The average molecular weight is 595 g/mol. The van der Waals surface area contributed by atoms with Gasteiger partial charge in [-0.3, -0.25) is 9.59 Å². The number of piperazine rings is 1. The topological polar surface area (TPSA) is 84.0 Å². The van der Waals surface area contributed by atoms with Gasteiger partial charge in [-0.05, 0) is 55.1 Å². The predicted octanol–water partition coefficient (Wildman–Crippen LogP) is 4.77. The number of alkyl halides is 3. The van der Waals surface area contributed by atoms with Crippen LogP contribution in [0, 0.1) is 5.82 Å². The van der Waals surface area contributed by atoms with Crippen LogP contribution in [0.3, 0.4) is 0 Å². The van der Waals surface area contributed by atoms with Crippen molar-refractivity contribution in [1.82, 2.24) is 20.1 Å². The number of carbonyl (C=O) groups excluding carboxylic acids is 2. The first-order valence-electron chi connectivity index (χ1n) is 12.6. The summed E-state index contributed by atoms with van der Waals surface area (Å²) in [5, 5.41) is 2.35. The Bertz CT molecular complexity index is 1370. The zero-order valence-corrected chi connectivity index (χ0v) is 22.7. The third-order valence-corrected chi connectivity index (χ3v) is 6.66. The maximum Gasteiger partial charge on any atom is 0.416 e. The third kappa shape index (κ3) is 8.15. The molecule has 0 spiro atoms. The molecule has 0 saturated carbocycles. The van der Waals surface area contributed by atoms with E-state index >= 15 is 0 Å². The van der Waals surface area contributed by atoms with E-state index < -0.39 is 29.5 Å². The third-order valence-electron chi connectivity index (χ3n) is 6.37. The van der Waals surface area contributed by atoms with Gasteiger partial charge in [-0.1, -0.05) is 23.7 Å². The lowest BCUT2D eigenvalue weighted by molar-refractivity contribution is -0.138. The first-order chi connectivity index (χ1) is 19.5. The van der Waals surface area contributed by atoms with Gasteiger partial charge in [-0.15, -0.1) is 0 Å². The fourth-order valence-corrected chi connectivity index (χ4v) is 4.26. The van der Waals surface area contributed by atoms with Crippen molar-refractivity contribution in [1.29, 1.82) is 0 Å². The summed E-state index contributed by atoms with van der Waals surface area (Å²) >= 11 is 6.01. The molecule has 8 nitrogen and oxygen atoms in total. The molecule has 0 aliphatic carbocycles. The summed E-state index contributed by atoms with van der Waals surface area (Å²) in [7, 11) is 1.94. The van der Waals surface area contributed by atoms with Gasteiger partial charge >= 0.3 is 6.18 Å². The lowest BCUT2D eigenvalue weighted by Crippen LogP contribution is -2.55. The van der Waals surface area contributed by atoms with Gasteiger partial charge in [0.25, 0.3) is 5.91 Å². The second-order valence-electron chi connectivity index (χ2n) is 9.40. The van der Waals surface area contributed by atoms with Crippen LogP contribution < -0.4 is 10.1 Å². The molecular weight excluding hydrogens is 568 g/mol. The minimum absolute atomic E-state index is 0.0711. The number of rotatable bonds is 9. The zero-order valence-electron chi connectivity index (χ0n) is 22.0. The predicted molar refractivity (Wildman–Crippen MR) is 142 cm³/mol. The molecule has 2 aromatic carbocycles. The smallest absolute Gasteiger partial charge is 0.416 e. The van der Waals surface area contributed by atoms with Gasteiger partial charge < -0.3 is 24.6 Å². The van der Waals surface area contributed by atoms with E-state index in [1.54, 1.807) is 17.0 Å². The van der Waals surface area contributed by atoms with E-state index in [4.69, 9.17) is 21.1 Å². The molecule has 13 heteroatoms. The Hall–Kier alpha value is -3.74. The minimum Gasteiger partial charge on any atom is -0.437 e. The summed E-state index contributed by atoms with van der Waals surface area (Å²) in [6, 6.07) is 10.0. The summed E-state index contributed by atoms with van der Waals surface area (Å²) < 4.78 is 63.6. The number of hydrogen-bond acceptors (Lipinski definition) is 6. The summed E-state index contributed by atoms with van der Waals surface area (Å²) in [6.45, 7) is 2.17. The van der Waals surface area contributed by atoms with Crippen molar-refractivity contribution < 1.29 is 36.6 Å². The molecule has 4 rings (SSSR count). The van der Waals surface area contributed by atoms with Crippen LogP contribution >= 0.6 is 11.6 Å². The van der Waals surface area contributed by atoms with Crippen molar-refractivity contribution >= 4 is 23.4 Å². The quantitative estimate of drug-likeness (QED) is 0.359. The summed E-state index contributed by atoms with van der Waals surface area (Å²) in [4.78, 5) is 34.5. The van der Waals surface area contributed by atoms with Gasteiger partial charge in [-0.25, -0.2) is 9.37 Å². The Morgan fingerprint density at radius 2 is 1.78 bits per heavy atom. The van der Waals surface area contributed by atoms with Gasteiger partial charge in [0.05, 0.1) is 23.8 Å². The zero-order chi connectivity index (χ0) is 29.6.